The molecule has 684 valence electrons. The zero-order valence-corrected chi connectivity index (χ0v) is 79.6. The summed E-state index contributed by atoms with van der Waals surface area (Å²) in [6.07, 6.45) is 10.9. The first-order valence-corrected chi connectivity index (χ1v) is 49.4. The molecule has 13 nitrogen and oxygen atoms in total. The number of nitrogens with zero attached hydrogens (tertiary/aromatic N) is 13. The van der Waals surface area contributed by atoms with Crippen molar-refractivity contribution in [2.24, 2.45) is 0 Å². The first-order chi connectivity index (χ1) is 72.3. The summed E-state index contributed by atoms with van der Waals surface area (Å²) in [7, 11) is 0. The monoisotopic (exact) mass is 1870 g/mol. The predicted molar refractivity (Wildman–Crippen MR) is 608 cm³/mol. The molecule has 146 heavy (non-hydrogen) atoms. The van der Waals surface area contributed by atoms with Gasteiger partial charge in [0, 0.05) is 143 Å². The number of rotatable bonds is 15. The third kappa shape index (κ3) is 13.9. The topological polar surface area (TPSA) is 115 Å². The Bertz CT molecular complexity index is 9760. The molecule has 0 aliphatic carbocycles. The SMILES string of the molecule is Cc1nc(C)nc(N(c2ccccc2)c2ccc(-c3ccc4ccc5c6c(ccc3c46)cc3c4ccccc4n(-c4ccccc4)c35)cc2)n1.c1ccc(-n2c3ccccc3c3cc4ccc5c(-c6ccc(N(c7ccncc7)c7ccncc7)cc6)ccc6ccc(c4c65)c32)cc1.c1ccc(N(c2ccc(-c3ccc4ccc5c6c(ccc3c46)cc3c4ccccc4n(-c4ccccc4)c35)cc2)c2ncccn2)cc1. The van der Waals surface area contributed by atoms with Crippen LogP contribution in [0.1, 0.15) is 11.6 Å². The van der Waals surface area contributed by atoms with Gasteiger partial charge in [0.1, 0.15) is 11.6 Å². The highest BCUT2D eigenvalue weighted by Crippen LogP contribution is 2.52. The van der Waals surface area contributed by atoms with Crippen LogP contribution in [-0.4, -0.2) is 48.6 Å². The van der Waals surface area contributed by atoms with Crippen molar-refractivity contribution < 1.29 is 0 Å². The quantitative estimate of drug-likeness (QED) is 0.0919. The molecule has 0 saturated carbocycles. The Morgan fingerprint density at radius 3 is 0.795 bits per heavy atom. The number of hydrogen-bond acceptors (Lipinski definition) is 10. The van der Waals surface area contributed by atoms with E-state index < -0.39 is 0 Å². The second-order valence-electron chi connectivity index (χ2n) is 37.5. The molecule has 0 aliphatic rings. The number of hydrogen-bond donors (Lipinski definition) is 0. The Hall–Kier alpha value is -19.6. The zero-order valence-electron chi connectivity index (χ0n) is 79.6. The molecule has 0 spiro atoms. The average Bonchev–Trinajstić information content (AvgIpc) is 1.48. The summed E-state index contributed by atoms with van der Waals surface area (Å²) in [5.74, 6) is 2.63. The van der Waals surface area contributed by atoms with Crippen LogP contribution in [0.5, 0.6) is 0 Å². The summed E-state index contributed by atoms with van der Waals surface area (Å²) in [4.78, 5) is 37.9. The predicted octanol–water partition coefficient (Wildman–Crippen LogP) is 34.8. The van der Waals surface area contributed by atoms with Crippen LogP contribution in [0.15, 0.2) is 492 Å². The van der Waals surface area contributed by atoms with Crippen LogP contribution in [0.2, 0.25) is 0 Å². The molecular formula is C133H87N13. The molecule has 13 heteroatoms. The van der Waals surface area contributed by atoms with E-state index >= 15 is 0 Å². The molecule has 7 heterocycles. The maximum absolute atomic E-state index is 4.72. The fourth-order valence-corrected chi connectivity index (χ4v) is 23.1. The third-order valence-corrected chi connectivity index (χ3v) is 29.3. The minimum atomic E-state index is 0.607. The van der Waals surface area contributed by atoms with Gasteiger partial charge in [-0.3, -0.25) is 19.8 Å². The molecule has 0 fully saturated rings. The standard InChI is InChI=1S/C45H31N5.2C44H28N4/c1-28-46-29(2)48-45(47-28)49(33-11-5-3-6-12-33)35-22-17-30(18-23-35)36-24-19-31-20-26-39-43-32(21-25-38(36)42(31)43)27-40-37-15-9-10-16-41(37)50(44(39)40)34-13-7-4-8-14-34;1-3-10-32(11-4-1)47(44-45-26-9-27-46-44)34-21-16-29(17-22-34)35-23-18-30-19-25-38-42-31(20-24-37(35)41(30)42)28-39-36-14-7-8-15-40(36)48(43(38)39)33-12-5-2-6-13-33;1-2-6-32(7-3-1)48-41-9-5-4-8-37(41)40-28-31-14-18-38-36(17-12-30-13-19-39(44(40)48)43(31)42(30)38)29-10-15-33(16-11-29)47(34-20-24-45-25-21-34)35-22-26-46-27-23-35/h3-27H,1-2H3;2*1-28H. The molecule has 7 aromatic heterocycles. The molecule has 0 radical (unpaired) electrons. The first-order valence-electron chi connectivity index (χ1n) is 49.4. The molecule has 30 aromatic rings. The van der Waals surface area contributed by atoms with E-state index in [-0.39, 0.29) is 0 Å². The van der Waals surface area contributed by atoms with Gasteiger partial charge in [0.2, 0.25) is 11.9 Å². The molecule has 0 bridgehead atoms. The van der Waals surface area contributed by atoms with Gasteiger partial charge in [-0.1, -0.05) is 291 Å². The third-order valence-electron chi connectivity index (χ3n) is 29.3. The van der Waals surface area contributed by atoms with E-state index in [1.807, 2.05) is 105 Å². The van der Waals surface area contributed by atoms with Crippen molar-refractivity contribution in [2.45, 2.75) is 13.8 Å². The molecule has 0 atom stereocenters. The Morgan fingerprint density at radius 2 is 0.452 bits per heavy atom. The highest BCUT2D eigenvalue weighted by atomic mass is 15.3. The van der Waals surface area contributed by atoms with Crippen molar-refractivity contribution in [2.75, 3.05) is 14.7 Å². The largest absolute Gasteiger partial charge is 0.310 e. The van der Waals surface area contributed by atoms with Crippen molar-refractivity contribution >= 4 is 214 Å². The normalized spacial score (nSPS) is 11.8. The van der Waals surface area contributed by atoms with E-state index in [0.717, 1.165) is 45.4 Å². The lowest BCUT2D eigenvalue weighted by atomic mass is 9.89. The highest BCUT2D eigenvalue weighted by molar-refractivity contribution is 6.36. The van der Waals surface area contributed by atoms with Crippen molar-refractivity contribution in [3.63, 3.8) is 0 Å². The summed E-state index contributed by atoms with van der Waals surface area (Å²) in [5, 5.41) is 30.6. The molecule has 0 aliphatic heterocycles. The summed E-state index contributed by atoms with van der Waals surface area (Å²) >= 11 is 0. The van der Waals surface area contributed by atoms with Gasteiger partial charge in [-0.2, -0.15) is 9.97 Å². The van der Waals surface area contributed by atoms with Gasteiger partial charge >= 0.3 is 0 Å². The van der Waals surface area contributed by atoms with E-state index in [1.165, 1.54) is 207 Å². The van der Waals surface area contributed by atoms with Crippen molar-refractivity contribution in [1.82, 2.24) is 48.6 Å². The van der Waals surface area contributed by atoms with Crippen molar-refractivity contribution in [3.8, 4) is 50.4 Å². The van der Waals surface area contributed by atoms with E-state index in [4.69, 9.17) is 9.97 Å². The number of anilines is 9. The Balaban J connectivity index is 0.000000106. The van der Waals surface area contributed by atoms with Crippen LogP contribution in [0.4, 0.5) is 51.7 Å². The number of pyridine rings is 2. The van der Waals surface area contributed by atoms with E-state index in [9.17, 15) is 0 Å². The maximum Gasteiger partial charge on any atom is 0.238 e. The lowest BCUT2D eigenvalue weighted by Gasteiger charge is -2.25. The lowest BCUT2D eigenvalue weighted by molar-refractivity contribution is 0.906. The fourth-order valence-electron chi connectivity index (χ4n) is 23.1. The smallest absolute Gasteiger partial charge is 0.238 e. The Kier molecular flexibility index (Phi) is 20.1. The van der Waals surface area contributed by atoms with Crippen LogP contribution in [0.25, 0.3) is 213 Å². The zero-order chi connectivity index (χ0) is 96.6. The van der Waals surface area contributed by atoms with Crippen LogP contribution in [0, 0.1) is 13.8 Å². The van der Waals surface area contributed by atoms with Gasteiger partial charge in [0.15, 0.2) is 0 Å². The summed E-state index contributed by atoms with van der Waals surface area (Å²) in [6, 6.07) is 164. The number of fused-ring (bicyclic) bond motifs is 12. The second-order valence-corrected chi connectivity index (χ2v) is 37.5. The van der Waals surface area contributed by atoms with Crippen molar-refractivity contribution in [3.05, 3.63) is 504 Å². The summed E-state index contributed by atoms with van der Waals surface area (Å²) in [5.41, 5.74) is 25.3. The molecule has 0 unspecified atom stereocenters. The van der Waals surface area contributed by atoms with Crippen LogP contribution in [-0.2, 0) is 0 Å². The highest BCUT2D eigenvalue weighted by Gasteiger charge is 2.28. The minimum Gasteiger partial charge on any atom is -0.310 e. The molecular weight excluding hydrogens is 1780 g/mol. The van der Waals surface area contributed by atoms with E-state index in [1.54, 1.807) is 12.4 Å². The number of para-hydroxylation sites is 8. The second kappa shape index (κ2) is 34.7. The lowest BCUT2D eigenvalue weighted by Crippen LogP contribution is -2.15. The van der Waals surface area contributed by atoms with Gasteiger partial charge in [-0.15, -0.1) is 0 Å². The Labute approximate surface area is 839 Å². The van der Waals surface area contributed by atoms with Gasteiger partial charge in [0.05, 0.1) is 33.1 Å². The fraction of sp³-hybridized carbons (Fsp3) is 0.0150. The number of aryl methyl sites for hydroxylation is 2. The summed E-state index contributed by atoms with van der Waals surface area (Å²) in [6.45, 7) is 3.81. The van der Waals surface area contributed by atoms with Gasteiger partial charge in [-0.25, -0.2) is 15.0 Å². The molecule has 30 rings (SSSR count). The average molecular weight is 1870 g/mol. The number of benzene rings is 23. The van der Waals surface area contributed by atoms with Crippen molar-refractivity contribution in [1.29, 1.82) is 0 Å². The first kappa shape index (κ1) is 84.4. The maximum atomic E-state index is 4.72. The van der Waals surface area contributed by atoms with Gasteiger partial charge in [-0.05, 0) is 292 Å². The summed E-state index contributed by atoms with van der Waals surface area (Å²) < 4.78 is 7.31. The molecule has 0 amide bonds. The molecule has 23 aromatic carbocycles. The number of aromatic nitrogens is 10. The van der Waals surface area contributed by atoms with Gasteiger partial charge in [0.25, 0.3) is 0 Å². The van der Waals surface area contributed by atoms with E-state index in [0.29, 0.717) is 23.5 Å². The van der Waals surface area contributed by atoms with Gasteiger partial charge < -0.3 is 18.6 Å². The van der Waals surface area contributed by atoms with E-state index in [2.05, 4.69) is 442 Å². The van der Waals surface area contributed by atoms with Crippen LogP contribution in [0.3, 0.4) is 0 Å². The van der Waals surface area contributed by atoms with Crippen LogP contribution >= 0.6 is 0 Å². The molecule has 0 N–H and O–H groups in total. The Morgan fingerprint density at radius 1 is 0.185 bits per heavy atom. The van der Waals surface area contributed by atoms with Crippen LogP contribution < -0.4 is 14.7 Å². The molecule has 0 saturated heterocycles. The minimum absolute atomic E-state index is 0.607.